The molecule has 3 heteroatoms. The molecule has 1 aromatic carbocycles. The molecule has 0 saturated heterocycles. The van der Waals surface area contributed by atoms with Gasteiger partial charge in [-0.05, 0) is 10.4 Å². The first kappa shape index (κ1) is 10.2. The van der Waals surface area contributed by atoms with E-state index in [1.54, 1.807) is 12.4 Å². The third kappa shape index (κ3) is 1.64. The third-order valence-corrected chi connectivity index (χ3v) is 2.34. The maximum absolute atomic E-state index is 4.35. The number of hydrogen-bond donors (Lipinski definition) is 0. The van der Waals surface area contributed by atoms with Crippen LogP contribution in [0.5, 0.6) is 0 Å². The molecular formula is C12H8IrN2-2. The zero-order chi connectivity index (χ0) is 9.38. The van der Waals surface area contributed by atoms with Gasteiger partial charge >= 0.3 is 0 Å². The third-order valence-electron chi connectivity index (χ3n) is 2.34. The topological polar surface area (TPSA) is 28.2 Å². The van der Waals surface area contributed by atoms with Crippen LogP contribution in [-0.2, 0) is 20.1 Å². The molecule has 2 aliphatic heterocycles. The number of rotatable bonds is 0. The van der Waals surface area contributed by atoms with E-state index in [-0.39, 0.29) is 20.1 Å². The molecule has 3 rings (SSSR count). The fourth-order valence-corrected chi connectivity index (χ4v) is 1.68. The first-order chi connectivity index (χ1) is 6.95. The molecule has 0 aliphatic carbocycles. The Bertz CT molecular complexity index is 505. The van der Waals surface area contributed by atoms with E-state index >= 15 is 0 Å². The van der Waals surface area contributed by atoms with Gasteiger partial charge in [0.1, 0.15) is 0 Å². The zero-order valence-corrected chi connectivity index (χ0v) is 10.2. The normalized spacial score (nSPS) is 14.4. The van der Waals surface area contributed by atoms with E-state index in [4.69, 9.17) is 0 Å². The van der Waals surface area contributed by atoms with Gasteiger partial charge in [0.25, 0.3) is 0 Å². The van der Waals surface area contributed by atoms with Crippen LogP contribution in [0.4, 0.5) is 11.4 Å². The first-order valence-corrected chi connectivity index (χ1v) is 4.53. The van der Waals surface area contributed by atoms with Crippen molar-refractivity contribution >= 4 is 23.5 Å². The summed E-state index contributed by atoms with van der Waals surface area (Å²) in [5, 5.41) is 11.0. The summed E-state index contributed by atoms with van der Waals surface area (Å²) in [7, 11) is 0. The average molecular weight is 372 g/mol. The molecule has 2 aliphatic rings. The van der Waals surface area contributed by atoms with Gasteiger partial charge in [0.15, 0.2) is 0 Å². The number of benzene rings is 1. The van der Waals surface area contributed by atoms with Crippen molar-refractivity contribution in [1.82, 2.24) is 0 Å². The molecule has 1 aromatic rings. The Morgan fingerprint density at radius 2 is 1.20 bits per heavy atom. The summed E-state index contributed by atoms with van der Waals surface area (Å²) in [5.74, 6) is 0. The van der Waals surface area contributed by atoms with Crippen LogP contribution in [0.1, 0.15) is 0 Å². The van der Waals surface area contributed by atoms with Crippen LogP contribution in [0, 0.1) is 0 Å². The van der Waals surface area contributed by atoms with Gasteiger partial charge in [-0.15, -0.1) is 11.4 Å². The summed E-state index contributed by atoms with van der Waals surface area (Å²) >= 11 is 0. The van der Waals surface area contributed by atoms with E-state index in [0.29, 0.717) is 0 Å². The molecule has 0 amide bonds. The average Bonchev–Trinajstić information content (AvgIpc) is 2.29. The fourth-order valence-electron chi connectivity index (χ4n) is 1.68. The van der Waals surface area contributed by atoms with Gasteiger partial charge in [-0.3, -0.25) is 0 Å². The summed E-state index contributed by atoms with van der Waals surface area (Å²) in [4.78, 5) is 0. The van der Waals surface area contributed by atoms with Crippen LogP contribution in [-0.4, -0.2) is 0 Å². The molecular weight excluding hydrogens is 364 g/mol. The molecule has 2 heterocycles. The fraction of sp³-hybridized carbons (Fsp3) is 0. The van der Waals surface area contributed by atoms with E-state index < -0.39 is 0 Å². The second-order valence-electron chi connectivity index (χ2n) is 3.22. The molecule has 2 nitrogen and oxygen atoms in total. The van der Waals surface area contributed by atoms with Crippen molar-refractivity contribution < 1.29 is 20.1 Å². The van der Waals surface area contributed by atoms with Crippen molar-refractivity contribution in [2.24, 2.45) is 0 Å². The summed E-state index contributed by atoms with van der Waals surface area (Å²) in [6.45, 7) is 0. The van der Waals surface area contributed by atoms with Crippen molar-refractivity contribution in [3.63, 3.8) is 0 Å². The predicted octanol–water partition coefficient (Wildman–Crippen LogP) is 2.31. The SMILES string of the molecule is C1=C[N-]c2c3c(ccc2=C1)=CC=C[N-]3.[Ir]. The quantitative estimate of drug-likeness (QED) is 0.669. The van der Waals surface area contributed by atoms with E-state index in [1.807, 2.05) is 12.2 Å². The molecule has 1 radical (unpaired) electrons. The van der Waals surface area contributed by atoms with E-state index in [9.17, 15) is 0 Å². The monoisotopic (exact) mass is 373 g/mol. The number of nitrogens with zero attached hydrogens (tertiary/aromatic N) is 2. The van der Waals surface area contributed by atoms with E-state index in [2.05, 4.69) is 34.9 Å². The summed E-state index contributed by atoms with van der Waals surface area (Å²) < 4.78 is 0. The van der Waals surface area contributed by atoms with Gasteiger partial charge in [0.2, 0.25) is 0 Å². The Labute approximate surface area is 101 Å². The number of allylic oxidation sites excluding steroid dienone is 2. The Balaban J connectivity index is 0.000000853. The maximum atomic E-state index is 4.35. The van der Waals surface area contributed by atoms with E-state index in [0.717, 1.165) is 21.8 Å². The van der Waals surface area contributed by atoms with Crippen LogP contribution >= 0.6 is 0 Å². The largest absolute Gasteiger partial charge is 0.665 e. The minimum atomic E-state index is 0. The Morgan fingerprint density at radius 3 is 1.67 bits per heavy atom. The van der Waals surface area contributed by atoms with Gasteiger partial charge < -0.3 is 10.6 Å². The molecule has 0 fully saturated rings. The summed E-state index contributed by atoms with van der Waals surface area (Å²) in [5.41, 5.74) is 1.95. The maximum Gasteiger partial charge on any atom is 0 e. The van der Waals surface area contributed by atoms with Crippen molar-refractivity contribution in [3.05, 3.63) is 57.8 Å². The molecule has 15 heavy (non-hydrogen) atoms. The zero-order valence-electron chi connectivity index (χ0n) is 7.85. The van der Waals surface area contributed by atoms with Gasteiger partial charge in [-0.25, -0.2) is 0 Å². The van der Waals surface area contributed by atoms with Crippen LogP contribution in [0.3, 0.4) is 0 Å². The molecule has 0 N–H and O–H groups in total. The molecule has 0 aromatic heterocycles. The van der Waals surface area contributed by atoms with Crippen LogP contribution in [0.2, 0.25) is 0 Å². The molecule has 0 atom stereocenters. The minimum absolute atomic E-state index is 0. The minimum Gasteiger partial charge on any atom is -0.665 e. The van der Waals surface area contributed by atoms with Gasteiger partial charge in [0.05, 0.1) is 0 Å². The molecule has 0 unspecified atom stereocenters. The molecule has 0 spiro atoms. The second-order valence-corrected chi connectivity index (χ2v) is 3.22. The Hall–Kier alpha value is -1.31. The van der Waals surface area contributed by atoms with Crippen LogP contribution in [0.25, 0.3) is 22.8 Å². The van der Waals surface area contributed by atoms with Crippen LogP contribution < -0.4 is 10.4 Å². The summed E-state index contributed by atoms with van der Waals surface area (Å²) in [6, 6.07) is 4.15. The second kappa shape index (κ2) is 4.05. The van der Waals surface area contributed by atoms with Gasteiger partial charge in [-0.2, -0.15) is 12.4 Å². The van der Waals surface area contributed by atoms with Crippen molar-refractivity contribution in [2.75, 3.05) is 0 Å². The van der Waals surface area contributed by atoms with E-state index in [1.165, 1.54) is 0 Å². The Kier molecular flexibility index (Phi) is 2.76. The smallest absolute Gasteiger partial charge is 0 e. The van der Waals surface area contributed by atoms with Gasteiger partial charge in [0, 0.05) is 20.1 Å². The van der Waals surface area contributed by atoms with Crippen LogP contribution in [0.15, 0.2) is 36.7 Å². The Morgan fingerprint density at radius 1 is 0.733 bits per heavy atom. The van der Waals surface area contributed by atoms with Crippen molar-refractivity contribution in [1.29, 1.82) is 0 Å². The standard InChI is InChI=1S/C12H8N2.Ir/c1-3-9-5-6-10-4-2-8-14-12(10)11(9)13-7-1;/h1-8H;/q-2;. The van der Waals surface area contributed by atoms with Gasteiger partial charge in [-0.1, -0.05) is 36.4 Å². The molecule has 0 saturated carbocycles. The molecule has 77 valence electrons. The predicted molar refractivity (Wildman–Crippen MR) is 58.9 cm³/mol. The van der Waals surface area contributed by atoms with Crippen molar-refractivity contribution in [2.45, 2.75) is 0 Å². The number of hydrogen-bond acceptors (Lipinski definition) is 0. The molecule has 0 bridgehead atoms. The van der Waals surface area contributed by atoms with Crippen molar-refractivity contribution in [3.8, 4) is 0 Å². The number of fused-ring (bicyclic) bond motifs is 3. The first-order valence-electron chi connectivity index (χ1n) is 4.53. The summed E-state index contributed by atoms with van der Waals surface area (Å²) in [6.07, 6.45) is 11.6.